The molecule has 0 bridgehead atoms. The molecule has 1 N–H and O–H groups in total. The van der Waals surface area contributed by atoms with Gasteiger partial charge < -0.3 is 9.52 Å². The van der Waals surface area contributed by atoms with E-state index in [1.165, 1.54) is 6.07 Å². The van der Waals surface area contributed by atoms with Gasteiger partial charge in [-0.1, -0.05) is 12.1 Å². The quantitative estimate of drug-likeness (QED) is 0.582. The Morgan fingerprint density at radius 3 is 2.68 bits per heavy atom. The Morgan fingerprint density at radius 2 is 1.91 bits per heavy atom. The highest BCUT2D eigenvalue weighted by molar-refractivity contribution is 5.94. The first-order valence-corrected chi connectivity index (χ1v) is 6.30. The fraction of sp³-hybridized carbons (Fsp3) is 0. The Morgan fingerprint density at radius 1 is 1.14 bits per heavy atom. The van der Waals surface area contributed by atoms with Gasteiger partial charge in [-0.25, -0.2) is 13.6 Å². The fourth-order valence-electron chi connectivity index (χ4n) is 1.98. The lowest BCUT2D eigenvalue weighted by Gasteiger charge is -2.02. The van der Waals surface area contributed by atoms with Crippen molar-refractivity contribution in [2.24, 2.45) is 4.99 Å². The van der Waals surface area contributed by atoms with Gasteiger partial charge in [-0.2, -0.15) is 0 Å². The van der Waals surface area contributed by atoms with E-state index in [0.717, 1.165) is 18.3 Å². The van der Waals surface area contributed by atoms with Crippen molar-refractivity contribution in [3.05, 3.63) is 70.1 Å². The molecule has 0 radical (unpaired) electrons. The van der Waals surface area contributed by atoms with E-state index in [0.29, 0.717) is 11.5 Å². The van der Waals surface area contributed by atoms with Gasteiger partial charge in [0.1, 0.15) is 22.7 Å². The minimum Gasteiger partial charge on any atom is -0.506 e. The van der Waals surface area contributed by atoms with Crippen LogP contribution >= 0.6 is 0 Å². The maximum Gasteiger partial charge on any atom is 0.348 e. The number of hydrogen-bond acceptors (Lipinski definition) is 4. The second-order valence-corrected chi connectivity index (χ2v) is 4.50. The van der Waals surface area contributed by atoms with E-state index in [1.807, 2.05) is 0 Å². The number of aliphatic imine (C=N–C) groups is 1. The minimum absolute atomic E-state index is 0.159. The van der Waals surface area contributed by atoms with Crippen molar-refractivity contribution in [2.75, 3.05) is 0 Å². The number of benzene rings is 2. The molecule has 0 spiro atoms. The van der Waals surface area contributed by atoms with Crippen molar-refractivity contribution in [2.45, 2.75) is 0 Å². The van der Waals surface area contributed by atoms with E-state index in [4.69, 9.17) is 4.42 Å². The lowest BCUT2D eigenvalue weighted by molar-refractivity contribution is 0.466. The second kappa shape index (κ2) is 5.40. The van der Waals surface area contributed by atoms with Crippen LogP contribution in [0.4, 0.5) is 14.5 Å². The van der Waals surface area contributed by atoms with Crippen LogP contribution in [0, 0.1) is 11.6 Å². The van der Waals surface area contributed by atoms with Crippen molar-refractivity contribution in [1.29, 1.82) is 0 Å². The Hall–Kier alpha value is -3.02. The van der Waals surface area contributed by atoms with Crippen molar-refractivity contribution in [1.82, 2.24) is 0 Å². The molecule has 1 aromatic heterocycles. The van der Waals surface area contributed by atoms with Crippen molar-refractivity contribution >= 4 is 22.9 Å². The fourth-order valence-corrected chi connectivity index (χ4v) is 1.98. The SMILES string of the molecule is O=c1oc2ccccc2c(O)c1C=Nc1ccc(F)cc1F. The Bertz CT molecular complexity index is 948. The molecule has 0 atom stereocenters. The van der Waals surface area contributed by atoms with Gasteiger partial charge in [0.15, 0.2) is 5.82 Å². The molecule has 2 aromatic carbocycles. The molecular weight excluding hydrogens is 292 g/mol. The summed E-state index contributed by atoms with van der Waals surface area (Å²) < 4.78 is 31.4. The predicted molar refractivity (Wildman–Crippen MR) is 77.8 cm³/mol. The first kappa shape index (κ1) is 13.9. The zero-order valence-corrected chi connectivity index (χ0v) is 11.1. The molecule has 110 valence electrons. The van der Waals surface area contributed by atoms with Gasteiger partial charge in [0, 0.05) is 12.3 Å². The molecule has 0 aliphatic heterocycles. The van der Waals surface area contributed by atoms with E-state index >= 15 is 0 Å². The molecule has 0 fully saturated rings. The number of fused-ring (bicyclic) bond motifs is 1. The number of para-hydroxylation sites is 1. The minimum atomic E-state index is -0.874. The van der Waals surface area contributed by atoms with Gasteiger partial charge in [0.25, 0.3) is 0 Å². The van der Waals surface area contributed by atoms with E-state index in [1.54, 1.807) is 18.2 Å². The average Bonchev–Trinajstić information content (AvgIpc) is 2.49. The van der Waals surface area contributed by atoms with Crippen LogP contribution in [0.1, 0.15) is 5.56 Å². The van der Waals surface area contributed by atoms with Crippen LogP contribution in [-0.4, -0.2) is 11.3 Å². The summed E-state index contributed by atoms with van der Waals surface area (Å²) in [6, 6.07) is 9.28. The molecule has 0 unspecified atom stereocenters. The first-order valence-electron chi connectivity index (χ1n) is 6.30. The van der Waals surface area contributed by atoms with Gasteiger partial charge in [-0.15, -0.1) is 0 Å². The normalized spacial score (nSPS) is 11.4. The van der Waals surface area contributed by atoms with Gasteiger partial charge in [-0.3, -0.25) is 4.99 Å². The number of halogens is 2. The summed E-state index contributed by atoms with van der Waals surface area (Å²) in [6.45, 7) is 0. The molecular formula is C16H9F2NO3. The molecule has 4 nitrogen and oxygen atoms in total. The van der Waals surface area contributed by atoms with Crippen LogP contribution in [0.5, 0.6) is 5.75 Å². The van der Waals surface area contributed by atoms with Gasteiger partial charge in [0.2, 0.25) is 0 Å². The van der Waals surface area contributed by atoms with Crippen molar-refractivity contribution in [3.8, 4) is 5.75 Å². The lowest BCUT2D eigenvalue weighted by atomic mass is 10.1. The topological polar surface area (TPSA) is 62.8 Å². The van der Waals surface area contributed by atoms with E-state index in [-0.39, 0.29) is 22.6 Å². The van der Waals surface area contributed by atoms with Crippen LogP contribution in [0.3, 0.4) is 0 Å². The zero-order valence-electron chi connectivity index (χ0n) is 11.1. The summed E-state index contributed by atoms with van der Waals surface area (Å²) >= 11 is 0. The van der Waals surface area contributed by atoms with Crippen LogP contribution in [0.15, 0.2) is 56.7 Å². The summed E-state index contributed by atoms with van der Waals surface area (Å²) in [7, 11) is 0. The van der Waals surface area contributed by atoms with Crippen molar-refractivity contribution < 1.29 is 18.3 Å². The monoisotopic (exact) mass is 301 g/mol. The highest BCUT2D eigenvalue weighted by Crippen LogP contribution is 2.25. The molecule has 0 saturated carbocycles. The largest absolute Gasteiger partial charge is 0.506 e. The van der Waals surface area contributed by atoms with Crippen molar-refractivity contribution in [3.63, 3.8) is 0 Å². The number of rotatable bonds is 2. The number of nitrogens with zero attached hydrogens (tertiary/aromatic N) is 1. The van der Waals surface area contributed by atoms with E-state index in [9.17, 15) is 18.7 Å². The number of aromatic hydroxyl groups is 1. The third-order valence-electron chi connectivity index (χ3n) is 3.06. The molecule has 3 rings (SSSR count). The first-order chi connectivity index (χ1) is 10.6. The van der Waals surface area contributed by atoms with Crippen LogP contribution in [0.25, 0.3) is 11.0 Å². The smallest absolute Gasteiger partial charge is 0.348 e. The molecule has 22 heavy (non-hydrogen) atoms. The van der Waals surface area contributed by atoms with E-state index < -0.39 is 17.3 Å². The maximum absolute atomic E-state index is 13.5. The van der Waals surface area contributed by atoms with Crippen LogP contribution in [0.2, 0.25) is 0 Å². The van der Waals surface area contributed by atoms with Gasteiger partial charge in [-0.05, 0) is 24.3 Å². The number of hydrogen-bond donors (Lipinski definition) is 1. The van der Waals surface area contributed by atoms with Gasteiger partial charge in [0.05, 0.1) is 11.1 Å². The Kier molecular flexibility index (Phi) is 3.42. The summed E-state index contributed by atoms with van der Waals surface area (Å²) in [5, 5.41) is 10.5. The predicted octanol–water partition coefficient (Wildman–Crippen LogP) is 3.53. The summed E-state index contributed by atoms with van der Waals surface area (Å²) in [5.41, 5.74) is -0.937. The standard InChI is InChI=1S/C16H9F2NO3/c17-9-5-6-13(12(18)7-9)19-8-11-15(20)10-3-1-2-4-14(10)22-16(11)21/h1-8,20H. The summed E-state index contributed by atoms with van der Waals surface area (Å²) in [5.74, 6) is -1.91. The molecule has 3 aromatic rings. The molecule has 6 heteroatoms. The summed E-state index contributed by atoms with van der Waals surface area (Å²) in [6.07, 6.45) is 0.990. The second-order valence-electron chi connectivity index (χ2n) is 4.50. The Balaban J connectivity index is 2.10. The molecule has 0 aliphatic rings. The third-order valence-corrected chi connectivity index (χ3v) is 3.06. The molecule has 0 amide bonds. The van der Waals surface area contributed by atoms with E-state index in [2.05, 4.69) is 4.99 Å². The van der Waals surface area contributed by atoms with Crippen LogP contribution in [-0.2, 0) is 0 Å². The highest BCUT2D eigenvalue weighted by atomic mass is 19.1. The summed E-state index contributed by atoms with van der Waals surface area (Å²) in [4.78, 5) is 15.6. The van der Waals surface area contributed by atoms with Gasteiger partial charge >= 0.3 is 5.63 Å². The molecule has 1 heterocycles. The average molecular weight is 301 g/mol. The molecule has 0 saturated heterocycles. The van der Waals surface area contributed by atoms with Crippen LogP contribution < -0.4 is 5.63 Å². The lowest BCUT2D eigenvalue weighted by Crippen LogP contribution is -2.06. The highest BCUT2D eigenvalue weighted by Gasteiger charge is 2.12. The maximum atomic E-state index is 13.5. The third kappa shape index (κ3) is 2.46. The molecule has 0 aliphatic carbocycles. The zero-order chi connectivity index (χ0) is 15.7. The Labute approximate surface area is 123 Å².